The fraction of sp³-hybridized carbons (Fsp3) is 0.0625. The van der Waals surface area contributed by atoms with Gasteiger partial charge in [0.15, 0.2) is 11.5 Å². The molecule has 21 heavy (non-hydrogen) atoms. The SMILES string of the molecule is O=C(O)c1ccc2[nH]c(COc3ccccc3O)cc2c1. The predicted octanol–water partition coefficient (Wildman–Crippen LogP) is 3.15. The van der Waals surface area contributed by atoms with Crippen molar-refractivity contribution in [3.63, 3.8) is 0 Å². The Balaban J connectivity index is 1.82. The number of phenols is 1. The summed E-state index contributed by atoms with van der Waals surface area (Å²) in [5.41, 5.74) is 1.89. The summed E-state index contributed by atoms with van der Waals surface area (Å²) in [5.74, 6) is -0.464. The number of fused-ring (bicyclic) bond motifs is 1. The largest absolute Gasteiger partial charge is 0.504 e. The molecule has 0 atom stereocenters. The molecule has 0 saturated carbocycles. The second-order valence-electron chi connectivity index (χ2n) is 4.66. The van der Waals surface area contributed by atoms with Gasteiger partial charge in [0, 0.05) is 10.9 Å². The average Bonchev–Trinajstić information content (AvgIpc) is 2.88. The zero-order chi connectivity index (χ0) is 14.8. The number of hydrogen-bond acceptors (Lipinski definition) is 3. The van der Waals surface area contributed by atoms with Gasteiger partial charge in [-0.15, -0.1) is 0 Å². The van der Waals surface area contributed by atoms with Crippen molar-refractivity contribution in [2.24, 2.45) is 0 Å². The van der Waals surface area contributed by atoms with Crippen molar-refractivity contribution >= 4 is 16.9 Å². The third-order valence-corrected chi connectivity index (χ3v) is 3.17. The van der Waals surface area contributed by atoms with Crippen LogP contribution in [0.4, 0.5) is 0 Å². The van der Waals surface area contributed by atoms with Gasteiger partial charge in [-0.1, -0.05) is 12.1 Å². The highest BCUT2D eigenvalue weighted by Gasteiger charge is 2.07. The van der Waals surface area contributed by atoms with Gasteiger partial charge in [-0.05, 0) is 36.4 Å². The number of para-hydroxylation sites is 2. The van der Waals surface area contributed by atoms with Gasteiger partial charge in [0.05, 0.1) is 11.3 Å². The number of benzene rings is 2. The highest BCUT2D eigenvalue weighted by Crippen LogP contribution is 2.26. The number of aromatic carboxylic acids is 1. The van der Waals surface area contributed by atoms with Crippen LogP contribution in [0.3, 0.4) is 0 Å². The number of aromatic amines is 1. The quantitative estimate of drug-likeness (QED) is 0.687. The normalized spacial score (nSPS) is 10.7. The molecule has 0 bridgehead atoms. The van der Waals surface area contributed by atoms with E-state index in [9.17, 15) is 9.90 Å². The summed E-state index contributed by atoms with van der Waals surface area (Å²) in [5, 5.41) is 19.4. The Morgan fingerprint density at radius 2 is 1.95 bits per heavy atom. The van der Waals surface area contributed by atoms with E-state index in [0.717, 1.165) is 16.6 Å². The van der Waals surface area contributed by atoms with Gasteiger partial charge >= 0.3 is 5.97 Å². The fourth-order valence-electron chi connectivity index (χ4n) is 2.14. The Morgan fingerprint density at radius 3 is 2.71 bits per heavy atom. The monoisotopic (exact) mass is 283 g/mol. The molecule has 1 aromatic heterocycles. The number of rotatable bonds is 4. The number of phenolic OH excluding ortho intramolecular Hbond substituents is 1. The summed E-state index contributed by atoms with van der Waals surface area (Å²) in [6.45, 7) is 0.259. The third-order valence-electron chi connectivity index (χ3n) is 3.17. The van der Waals surface area contributed by atoms with Crippen LogP contribution in [0.1, 0.15) is 16.1 Å². The number of H-pyrrole nitrogens is 1. The van der Waals surface area contributed by atoms with Crippen LogP contribution in [0.15, 0.2) is 48.5 Å². The topological polar surface area (TPSA) is 82.5 Å². The van der Waals surface area contributed by atoms with Crippen LogP contribution < -0.4 is 4.74 Å². The lowest BCUT2D eigenvalue weighted by Gasteiger charge is -2.05. The van der Waals surface area contributed by atoms with E-state index in [4.69, 9.17) is 9.84 Å². The Morgan fingerprint density at radius 1 is 1.14 bits per heavy atom. The molecule has 2 aromatic carbocycles. The molecule has 1 heterocycles. The van der Waals surface area contributed by atoms with Crippen molar-refractivity contribution < 1.29 is 19.7 Å². The molecule has 3 N–H and O–H groups in total. The molecule has 0 unspecified atom stereocenters. The molecular weight excluding hydrogens is 270 g/mol. The van der Waals surface area contributed by atoms with Gasteiger partial charge < -0.3 is 19.9 Å². The van der Waals surface area contributed by atoms with Crippen molar-refractivity contribution in [1.29, 1.82) is 0 Å². The number of carboxylic acids is 1. The van der Waals surface area contributed by atoms with Crippen LogP contribution in [-0.4, -0.2) is 21.2 Å². The molecular formula is C16H13NO4. The summed E-state index contributed by atoms with van der Waals surface area (Å²) >= 11 is 0. The highest BCUT2D eigenvalue weighted by molar-refractivity contribution is 5.93. The summed E-state index contributed by atoms with van der Waals surface area (Å²) in [6.07, 6.45) is 0. The molecule has 0 radical (unpaired) electrons. The number of nitrogens with one attached hydrogen (secondary N) is 1. The van der Waals surface area contributed by atoms with E-state index in [0.29, 0.717) is 5.75 Å². The number of hydrogen-bond donors (Lipinski definition) is 3. The minimum absolute atomic E-state index is 0.0850. The molecule has 0 aliphatic carbocycles. The van der Waals surface area contributed by atoms with Gasteiger partial charge in [-0.2, -0.15) is 0 Å². The van der Waals surface area contributed by atoms with Crippen LogP contribution in [0, 0.1) is 0 Å². The lowest BCUT2D eigenvalue weighted by molar-refractivity contribution is 0.0697. The van der Waals surface area contributed by atoms with E-state index in [1.54, 1.807) is 42.5 Å². The first-order valence-corrected chi connectivity index (χ1v) is 6.39. The molecule has 0 amide bonds. The Hall–Kier alpha value is -2.95. The Bertz CT molecular complexity index is 807. The second-order valence-corrected chi connectivity index (χ2v) is 4.66. The van der Waals surface area contributed by atoms with E-state index < -0.39 is 5.97 Å². The van der Waals surface area contributed by atoms with Crippen LogP contribution in [-0.2, 0) is 6.61 Å². The Kier molecular flexibility index (Phi) is 3.23. The molecule has 0 aliphatic heterocycles. The smallest absolute Gasteiger partial charge is 0.335 e. The molecule has 3 rings (SSSR count). The second kappa shape index (κ2) is 5.20. The van der Waals surface area contributed by atoms with Crippen molar-refractivity contribution in [3.8, 4) is 11.5 Å². The van der Waals surface area contributed by atoms with Gasteiger partial charge in [0.25, 0.3) is 0 Å². The number of aromatic nitrogens is 1. The van der Waals surface area contributed by atoms with E-state index >= 15 is 0 Å². The van der Waals surface area contributed by atoms with E-state index in [1.807, 2.05) is 6.07 Å². The zero-order valence-corrected chi connectivity index (χ0v) is 11.0. The number of carboxylic acid groups (broad SMARTS) is 1. The summed E-state index contributed by atoms with van der Waals surface area (Å²) in [7, 11) is 0. The number of carbonyl (C=O) groups is 1. The first-order chi connectivity index (χ1) is 10.1. The summed E-state index contributed by atoms with van der Waals surface area (Å²) < 4.78 is 5.53. The van der Waals surface area contributed by atoms with Crippen molar-refractivity contribution in [2.45, 2.75) is 6.61 Å². The maximum atomic E-state index is 10.9. The molecule has 106 valence electrons. The molecule has 3 aromatic rings. The van der Waals surface area contributed by atoms with Crippen LogP contribution in [0.25, 0.3) is 10.9 Å². The summed E-state index contributed by atoms with van der Waals surface area (Å²) in [4.78, 5) is 14.1. The number of aromatic hydroxyl groups is 1. The van der Waals surface area contributed by atoms with E-state index in [-0.39, 0.29) is 17.9 Å². The fourth-order valence-corrected chi connectivity index (χ4v) is 2.14. The van der Waals surface area contributed by atoms with Gasteiger partial charge in [-0.3, -0.25) is 0 Å². The van der Waals surface area contributed by atoms with Crippen LogP contribution in [0.2, 0.25) is 0 Å². The Labute approximate surface area is 120 Å². The first-order valence-electron chi connectivity index (χ1n) is 6.39. The van der Waals surface area contributed by atoms with Gasteiger partial charge in [0.1, 0.15) is 6.61 Å². The minimum atomic E-state index is -0.954. The molecule has 5 nitrogen and oxygen atoms in total. The van der Waals surface area contributed by atoms with Crippen molar-refractivity contribution in [1.82, 2.24) is 4.98 Å². The van der Waals surface area contributed by atoms with E-state index in [2.05, 4.69) is 4.98 Å². The van der Waals surface area contributed by atoms with Crippen LogP contribution >= 0.6 is 0 Å². The maximum Gasteiger partial charge on any atom is 0.335 e. The zero-order valence-electron chi connectivity index (χ0n) is 11.0. The molecule has 0 saturated heterocycles. The highest BCUT2D eigenvalue weighted by atomic mass is 16.5. The molecule has 5 heteroatoms. The standard InChI is InChI=1S/C16H13NO4/c18-14-3-1-2-4-15(14)21-9-12-8-11-7-10(16(19)20)5-6-13(11)17-12/h1-8,17-18H,9H2,(H,19,20). The minimum Gasteiger partial charge on any atom is -0.504 e. The van der Waals surface area contributed by atoms with Crippen LogP contribution in [0.5, 0.6) is 11.5 Å². The molecule has 0 fully saturated rings. The summed E-state index contributed by atoms with van der Waals surface area (Å²) in [6, 6.07) is 13.5. The molecule has 0 spiro atoms. The van der Waals surface area contributed by atoms with Gasteiger partial charge in [0.2, 0.25) is 0 Å². The lowest BCUT2D eigenvalue weighted by atomic mass is 10.1. The average molecular weight is 283 g/mol. The van der Waals surface area contributed by atoms with E-state index in [1.165, 1.54) is 0 Å². The molecule has 0 aliphatic rings. The van der Waals surface area contributed by atoms with Crippen molar-refractivity contribution in [2.75, 3.05) is 0 Å². The van der Waals surface area contributed by atoms with Gasteiger partial charge in [-0.25, -0.2) is 4.79 Å². The van der Waals surface area contributed by atoms with Crippen molar-refractivity contribution in [3.05, 3.63) is 59.8 Å². The third kappa shape index (κ3) is 2.67. The number of ether oxygens (including phenoxy) is 1. The lowest BCUT2D eigenvalue weighted by Crippen LogP contribution is -1.95. The predicted molar refractivity (Wildman–Crippen MR) is 77.7 cm³/mol. The first kappa shape index (κ1) is 13.1. The maximum absolute atomic E-state index is 10.9.